The molecular formula is C16H26N2O2S. The monoisotopic (exact) mass is 310 g/mol. The van der Waals surface area contributed by atoms with E-state index in [4.69, 9.17) is 5.11 Å². The first-order valence-corrected chi connectivity index (χ1v) is 8.59. The number of nitrogens with zero attached hydrogens (tertiary/aromatic N) is 1. The fourth-order valence-corrected chi connectivity index (χ4v) is 4.17. The molecule has 2 amide bonds. The molecule has 0 spiro atoms. The minimum Gasteiger partial charge on any atom is -0.396 e. The van der Waals surface area contributed by atoms with Crippen LogP contribution in [-0.4, -0.2) is 35.2 Å². The molecule has 4 nitrogen and oxygen atoms in total. The molecule has 2 heterocycles. The van der Waals surface area contributed by atoms with E-state index in [0.717, 1.165) is 25.8 Å². The van der Waals surface area contributed by atoms with E-state index in [1.807, 2.05) is 11.8 Å². The predicted molar refractivity (Wildman–Crippen MR) is 86.8 cm³/mol. The molecule has 1 aromatic rings. The minimum absolute atomic E-state index is 0.00361. The number of carbonyl (C=O) groups is 1. The lowest BCUT2D eigenvalue weighted by Gasteiger charge is -2.36. The molecule has 1 saturated heterocycles. The number of piperidine rings is 1. The van der Waals surface area contributed by atoms with Crippen LogP contribution in [0.2, 0.25) is 0 Å². The van der Waals surface area contributed by atoms with Crippen LogP contribution < -0.4 is 5.32 Å². The summed E-state index contributed by atoms with van der Waals surface area (Å²) in [5, 5.41) is 12.3. The number of amides is 2. The van der Waals surface area contributed by atoms with E-state index in [2.05, 4.69) is 25.2 Å². The molecule has 0 saturated carbocycles. The van der Waals surface area contributed by atoms with Crippen molar-refractivity contribution in [1.82, 2.24) is 10.2 Å². The largest absolute Gasteiger partial charge is 0.396 e. The SMILES string of the molecule is Cc1cc([C@@H](C)NC(=O)N2CCCC[C@@H]2CCO)c(C)s1. The highest BCUT2D eigenvalue weighted by atomic mass is 32.1. The number of aryl methyl sites for hydroxylation is 2. The summed E-state index contributed by atoms with van der Waals surface area (Å²) in [5.41, 5.74) is 1.21. The van der Waals surface area contributed by atoms with Crippen molar-refractivity contribution in [3.8, 4) is 0 Å². The van der Waals surface area contributed by atoms with E-state index in [-0.39, 0.29) is 24.7 Å². The van der Waals surface area contributed by atoms with E-state index < -0.39 is 0 Å². The highest BCUT2D eigenvalue weighted by Gasteiger charge is 2.27. The average molecular weight is 310 g/mol. The summed E-state index contributed by atoms with van der Waals surface area (Å²) >= 11 is 1.77. The molecule has 0 radical (unpaired) electrons. The summed E-state index contributed by atoms with van der Waals surface area (Å²) in [6.45, 7) is 7.18. The number of carbonyl (C=O) groups excluding carboxylic acids is 1. The van der Waals surface area contributed by atoms with Crippen LogP contribution in [0.15, 0.2) is 6.07 Å². The Morgan fingerprint density at radius 2 is 2.29 bits per heavy atom. The quantitative estimate of drug-likeness (QED) is 0.896. The second kappa shape index (κ2) is 7.27. The van der Waals surface area contributed by atoms with Gasteiger partial charge in [0.25, 0.3) is 0 Å². The molecule has 0 aliphatic carbocycles. The lowest BCUT2D eigenvalue weighted by atomic mass is 10.00. The van der Waals surface area contributed by atoms with Gasteiger partial charge in [0.2, 0.25) is 0 Å². The maximum Gasteiger partial charge on any atom is 0.318 e. The van der Waals surface area contributed by atoms with Crippen LogP contribution in [0.3, 0.4) is 0 Å². The highest BCUT2D eigenvalue weighted by Crippen LogP contribution is 2.27. The van der Waals surface area contributed by atoms with Gasteiger partial charge in [0.15, 0.2) is 0 Å². The Hall–Kier alpha value is -1.07. The molecule has 5 heteroatoms. The first-order chi connectivity index (χ1) is 10.0. The summed E-state index contributed by atoms with van der Waals surface area (Å²) in [7, 11) is 0. The molecule has 1 aromatic heterocycles. The molecular weight excluding hydrogens is 284 g/mol. The molecule has 1 fully saturated rings. The van der Waals surface area contributed by atoms with Gasteiger partial charge in [0, 0.05) is 28.9 Å². The normalized spacial score (nSPS) is 20.4. The second-order valence-electron chi connectivity index (χ2n) is 5.90. The van der Waals surface area contributed by atoms with E-state index >= 15 is 0 Å². The standard InChI is InChI=1S/C16H26N2O2S/c1-11-10-15(13(3)21-11)12(2)17-16(20)18-8-5-4-6-14(18)7-9-19/h10,12,14,19H,4-9H2,1-3H3,(H,17,20)/t12-,14-/m1/s1. The third-order valence-electron chi connectivity index (χ3n) is 4.24. The van der Waals surface area contributed by atoms with Crippen LogP contribution >= 0.6 is 11.3 Å². The average Bonchev–Trinajstić information content (AvgIpc) is 2.78. The lowest BCUT2D eigenvalue weighted by Crippen LogP contribution is -2.49. The molecule has 2 rings (SSSR count). The van der Waals surface area contributed by atoms with Gasteiger partial charge >= 0.3 is 6.03 Å². The zero-order valence-corrected chi connectivity index (χ0v) is 14.0. The smallest absolute Gasteiger partial charge is 0.318 e. The van der Waals surface area contributed by atoms with Gasteiger partial charge in [-0.1, -0.05) is 0 Å². The first kappa shape index (κ1) is 16.3. The predicted octanol–water partition coefficient (Wildman–Crippen LogP) is 3.37. The molecule has 118 valence electrons. The topological polar surface area (TPSA) is 52.6 Å². The maximum atomic E-state index is 12.5. The Kier molecular flexibility index (Phi) is 5.65. The maximum absolute atomic E-state index is 12.5. The fraction of sp³-hybridized carbons (Fsp3) is 0.688. The molecule has 21 heavy (non-hydrogen) atoms. The van der Waals surface area contributed by atoms with E-state index in [1.165, 1.54) is 15.3 Å². The zero-order chi connectivity index (χ0) is 15.4. The second-order valence-corrected chi connectivity index (χ2v) is 7.36. The van der Waals surface area contributed by atoms with E-state index in [9.17, 15) is 4.79 Å². The van der Waals surface area contributed by atoms with Gasteiger partial charge in [0.05, 0.1) is 6.04 Å². The van der Waals surface area contributed by atoms with Crippen molar-refractivity contribution in [2.75, 3.05) is 13.2 Å². The Labute approximate surface area is 131 Å². The third-order valence-corrected chi connectivity index (χ3v) is 5.22. The van der Waals surface area contributed by atoms with Crippen molar-refractivity contribution in [3.05, 3.63) is 21.4 Å². The number of hydrogen-bond donors (Lipinski definition) is 2. The van der Waals surface area contributed by atoms with Crippen molar-refractivity contribution < 1.29 is 9.90 Å². The number of aliphatic hydroxyl groups excluding tert-OH is 1. The summed E-state index contributed by atoms with van der Waals surface area (Å²) in [6, 6.07) is 2.37. The van der Waals surface area contributed by atoms with Crippen LogP contribution in [0.4, 0.5) is 4.79 Å². The van der Waals surface area contributed by atoms with Crippen LogP contribution in [0, 0.1) is 13.8 Å². The van der Waals surface area contributed by atoms with Gasteiger partial charge in [-0.05, 0) is 58.1 Å². The van der Waals surface area contributed by atoms with Gasteiger partial charge in [-0.15, -0.1) is 11.3 Å². The zero-order valence-electron chi connectivity index (χ0n) is 13.2. The molecule has 1 aliphatic heterocycles. The fourth-order valence-electron chi connectivity index (χ4n) is 3.14. The molecule has 2 atom stereocenters. The Morgan fingerprint density at radius 1 is 1.52 bits per heavy atom. The number of aliphatic hydroxyl groups is 1. The van der Waals surface area contributed by atoms with Crippen molar-refractivity contribution in [1.29, 1.82) is 0 Å². The van der Waals surface area contributed by atoms with Crippen LogP contribution in [-0.2, 0) is 0 Å². The van der Waals surface area contributed by atoms with Crippen molar-refractivity contribution >= 4 is 17.4 Å². The van der Waals surface area contributed by atoms with Crippen LogP contribution in [0.1, 0.15) is 54.0 Å². The lowest BCUT2D eigenvalue weighted by molar-refractivity contribution is 0.130. The van der Waals surface area contributed by atoms with Gasteiger partial charge in [-0.3, -0.25) is 0 Å². The van der Waals surface area contributed by atoms with Gasteiger partial charge in [-0.25, -0.2) is 4.79 Å². The number of nitrogens with one attached hydrogen (secondary N) is 1. The van der Waals surface area contributed by atoms with Crippen molar-refractivity contribution in [2.24, 2.45) is 0 Å². The molecule has 1 aliphatic rings. The third kappa shape index (κ3) is 3.98. The molecule has 0 bridgehead atoms. The van der Waals surface area contributed by atoms with Gasteiger partial charge in [-0.2, -0.15) is 0 Å². The first-order valence-electron chi connectivity index (χ1n) is 7.78. The van der Waals surface area contributed by atoms with Gasteiger partial charge < -0.3 is 15.3 Å². The molecule has 2 N–H and O–H groups in total. The number of thiophene rings is 1. The molecule has 0 unspecified atom stereocenters. The number of rotatable bonds is 4. The Balaban J connectivity index is 2.00. The van der Waals surface area contributed by atoms with Crippen LogP contribution in [0.25, 0.3) is 0 Å². The highest BCUT2D eigenvalue weighted by molar-refractivity contribution is 7.12. The number of hydrogen-bond acceptors (Lipinski definition) is 3. The van der Waals surface area contributed by atoms with Gasteiger partial charge in [0.1, 0.15) is 0 Å². The Bertz CT molecular complexity index is 485. The van der Waals surface area contributed by atoms with E-state index in [0.29, 0.717) is 6.42 Å². The van der Waals surface area contributed by atoms with Crippen molar-refractivity contribution in [2.45, 2.75) is 58.5 Å². The van der Waals surface area contributed by atoms with Crippen molar-refractivity contribution in [3.63, 3.8) is 0 Å². The Morgan fingerprint density at radius 3 is 2.90 bits per heavy atom. The summed E-state index contributed by atoms with van der Waals surface area (Å²) < 4.78 is 0. The number of likely N-dealkylation sites (tertiary alicyclic amines) is 1. The van der Waals surface area contributed by atoms with E-state index in [1.54, 1.807) is 11.3 Å². The molecule has 0 aromatic carbocycles. The summed E-state index contributed by atoms with van der Waals surface area (Å²) in [4.78, 5) is 17.0. The summed E-state index contributed by atoms with van der Waals surface area (Å²) in [6.07, 6.45) is 3.88. The van der Waals surface area contributed by atoms with Crippen LogP contribution in [0.5, 0.6) is 0 Å². The minimum atomic E-state index is 0.00361. The number of urea groups is 1. The summed E-state index contributed by atoms with van der Waals surface area (Å²) in [5.74, 6) is 0.